The first kappa shape index (κ1) is 23.2. The van der Waals surface area contributed by atoms with Gasteiger partial charge in [0.25, 0.3) is 0 Å². The fraction of sp³-hybridized carbons (Fsp3) is 0.789. The molecule has 0 aliphatic heterocycles. The van der Waals surface area contributed by atoms with Gasteiger partial charge in [-0.25, -0.2) is 0 Å². The summed E-state index contributed by atoms with van der Waals surface area (Å²) in [7, 11) is 8.44. The van der Waals surface area contributed by atoms with Crippen LogP contribution in [0.2, 0.25) is 0 Å². The van der Waals surface area contributed by atoms with Crippen LogP contribution in [0.25, 0.3) is 0 Å². The quantitative estimate of drug-likeness (QED) is 0.356. The molecule has 1 saturated carbocycles. The minimum Gasteiger partial charge on any atom is -0.357 e. The largest absolute Gasteiger partial charge is 0.357 e. The Morgan fingerprint density at radius 1 is 1.35 bits per heavy atom. The van der Waals surface area contributed by atoms with E-state index in [1.165, 1.54) is 24.1 Å². The highest BCUT2D eigenvalue weighted by atomic mass is 127. The van der Waals surface area contributed by atoms with Gasteiger partial charge in [-0.1, -0.05) is 13.8 Å². The number of aromatic nitrogens is 2. The van der Waals surface area contributed by atoms with Crippen LogP contribution in [0.3, 0.4) is 0 Å². The van der Waals surface area contributed by atoms with E-state index >= 15 is 0 Å². The fourth-order valence-corrected chi connectivity index (χ4v) is 3.36. The summed E-state index contributed by atoms with van der Waals surface area (Å²) < 4.78 is 1.91. The van der Waals surface area contributed by atoms with E-state index in [1.807, 2.05) is 11.7 Å². The molecule has 1 aromatic heterocycles. The molecule has 26 heavy (non-hydrogen) atoms. The molecule has 1 fully saturated rings. The topological polar surface area (TPSA) is 48.7 Å². The molecule has 0 aromatic carbocycles. The molecule has 0 bridgehead atoms. The van der Waals surface area contributed by atoms with Crippen molar-refractivity contribution in [1.29, 1.82) is 0 Å². The Bertz CT molecular complexity index is 575. The SMILES string of the molecule is CCNC(=NCC(C1CC1)N(C)C)N(C)Cc1cn(C)nc1C(C)C.I. The highest BCUT2D eigenvalue weighted by Gasteiger charge is 2.32. The second-order valence-electron chi connectivity index (χ2n) is 7.79. The van der Waals surface area contributed by atoms with Crippen molar-refractivity contribution in [1.82, 2.24) is 24.9 Å². The van der Waals surface area contributed by atoms with Gasteiger partial charge >= 0.3 is 0 Å². The van der Waals surface area contributed by atoms with E-state index in [4.69, 9.17) is 4.99 Å². The van der Waals surface area contributed by atoms with E-state index in [0.717, 1.165) is 31.5 Å². The first-order chi connectivity index (χ1) is 11.8. The summed E-state index contributed by atoms with van der Waals surface area (Å²) in [6.45, 7) is 9.07. The molecule has 1 atom stereocenters. The lowest BCUT2D eigenvalue weighted by atomic mass is 10.1. The number of hydrogen-bond donors (Lipinski definition) is 1. The maximum absolute atomic E-state index is 4.94. The molecule has 7 heteroatoms. The highest BCUT2D eigenvalue weighted by Crippen LogP contribution is 2.34. The molecule has 1 unspecified atom stereocenters. The second-order valence-corrected chi connectivity index (χ2v) is 7.79. The van der Waals surface area contributed by atoms with Crippen LogP contribution >= 0.6 is 24.0 Å². The summed E-state index contributed by atoms with van der Waals surface area (Å²) in [5.74, 6) is 2.23. The number of guanidine groups is 1. The molecule has 1 N–H and O–H groups in total. The van der Waals surface area contributed by atoms with Gasteiger partial charge in [0.1, 0.15) is 0 Å². The van der Waals surface area contributed by atoms with Crippen molar-refractivity contribution in [2.24, 2.45) is 18.0 Å². The number of nitrogens with one attached hydrogen (secondary N) is 1. The first-order valence-electron chi connectivity index (χ1n) is 9.51. The van der Waals surface area contributed by atoms with Crippen LogP contribution in [0.4, 0.5) is 0 Å². The standard InChI is InChI=1S/C19H36N6.HI/c1-8-20-19(21-11-17(23(4)5)15-9-10-15)24(6)12-16-13-25(7)22-18(16)14(2)3;/h13-15,17H,8-12H2,1-7H3,(H,20,21);1H. The predicted octanol–water partition coefficient (Wildman–Crippen LogP) is 2.90. The molecular weight excluding hydrogens is 439 g/mol. The molecule has 0 amide bonds. The second kappa shape index (κ2) is 10.5. The van der Waals surface area contributed by atoms with Gasteiger partial charge in [-0.05, 0) is 45.7 Å². The van der Waals surface area contributed by atoms with Crippen LogP contribution in [0.5, 0.6) is 0 Å². The molecule has 0 saturated heterocycles. The van der Waals surface area contributed by atoms with E-state index < -0.39 is 0 Å². The van der Waals surface area contributed by atoms with E-state index in [-0.39, 0.29) is 24.0 Å². The van der Waals surface area contributed by atoms with Crippen LogP contribution in [0.1, 0.15) is 50.8 Å². The molecule has 150 valence electrons. The van der Waals surface area contributed by atoms with Crippen molar-refractivity contribution < 1.29 is 0 Å². The van der Waals surface area contributed by atoms with Gasteiger partial charge in [-0.2, -0.15) is 5.10 Å². The zero-order valence-corrected chi connectivity index (χ0v) is 19.8. The zero-order chi connectivity index (χ0) is 18.6. The summed E-state index contributed by atoms with van der Waals surface area (Å²) >= 11 is 0. The van der Waals surface area contributed by atoms with Crippen LogP contribution in [-0.2, 0) is 13.6 Å². The van der Waals surface area contributed by atoms with E-state index in [1.54, 1.807) is 0 Å². The predicted molar refractivity (Wildman–Crippen MR) is 120 cm³/mol. The van der Waals surface area contributed by atoms with Crippen LogP contribution in [0.15, 0.2) is 11.2 Å². The lowest BCUT2D eigenvalue weighted by molar-refractivity contribution is 0.270. The van der Waals surface area contributed by atoms with Gasteiger partial charge in [0.15, 0.2) is 5.96 Å². The Labute approximate surface area is 176 Å². The molecule has 1 aliphatic rings. The van der Waals surface area contributed by atoms with Gasteiger partial charge in [0, 0.05) is 45.0 Å². The maximum Gasteiger partial charge on any atom is 0.194 e. The molecule has 2 rings (SSSR count). The number of hydrogen-bond acceptors (Lipinski definition) is 3. The lowest BCUT2D eigenvalue weighted by Gasteiger charge is -2.26. The lowest BCUT2D eigenvalue weighted by Crippen LogP contribution is -2.40. The third-order valence-electron chi connectivity index (χ3n) is 4.85. The van der Waals surface area contributed by atoms with Gasteiger partial charge < -0.3 is 15.1 Å². The molecule has 1 heterocycles. The molecule has 1 aliphatic carbocycles. The summed E-state index contributed by atoms with van der Waals surface area (Å²) in [5, 5.41) is 8.06. The average Bonchev–Trinajstić information content (AvgIpc) is 3.29. The molecule has 0 spiro atoms. The Morgan fingerprint density at radius 2 is 2.00 bits per heavy atom. The average molecular weight is 476 g/mol. The summed E-state index contributed by atoms with van der Waals surface area (Å²) in [5.41, 5.74) is 2.45. The van der Waals surface area contributed by atoms with Gasteiger partial charge in [0.2, 0.25) is 0 Å². The van der Waals surface area contributed by atoms with Crippen LogP contribution in [0, 0.1) is 5.92 Å². The van der Waals surface area contributed by atoms with Gasteiger partial charge in [-0.3, -0.25) is 9.67 Å². The van der Waals surface area contributed by atoms with E-state index in [9.17, 15) is 0 Å². The van der Waals surface area contributed by atoms with E-state index in [2.05, 4.69) is 68.3 Å². The Kier molecular flexibility index (Phi) is 9.36. The summed E-state index contributed by atoms with van der Waals surface area (Å²) in [6, 6.07) is 0.548. The van der Waals surface area contributed by atoms with Crippen molar-refractivity contribution in [3.63, 3.8) is 0 Å². The van der Waals surface area contributed by atoms with Gasteiger partial charge in [-0.15, -0.1) is 24.0 Å². The van der Waals surface area contributed by atoms with Gasteiger partial charge in [0.05, 0.1) is 12.2 Å². The normalized spacial score (nSPS) is 16.0. The minimum absolute atomic E-state index is 0. The first-order valence-corrected chi connectivity index (χ1v) is 9.51. The van der Waals surface area contributed by atoms with Crippen molar-refractivity contribution in [3.05, 3.63) is 17.5 Å². The molecular formula is C19H37IN6. The van der Waals surface area contributed by atoms with E-state index in [0.29, 0.717) is 12.0 Å². The monoisotopic (exact) mass is 476 g/mol. The maximum atomic E-state index is 4.94. The van der Waals surface area contributed by atoms with Crippen molar-refractivity contribution >= 4 is 29.9 Å². The Morgan fingerprint density at radius 3 is 2.50 bits per heavy atom. The molecule has 0 radical (unpaired) electrons. The Balaban J connectivity index is 0.00000338. The number of rotatable bonds is 8. The third kappa shape index (κ3) is 6.40. The third-order valence-corrected chi connectivity index (χ3v) is 4.85. The molecule has 6 nitrogen and oxygen atoms in total. The zero-order valence-electron chi connectivity index (χ0n) is 17.5. The summed E-state index contributed by atoms with van der Waals surface area (Å²) in [4.78, 5) is 9.47. The van der Waals surface area contributed by atoms with Crippen LogP contribution < -0.4 is 5.32 Å². The number of aryl methyl sites for hydroxylation is 1. The number of halogens is 1. The highest BCUT2D eigenvalue weighted by molar-refractivity contribution is 14.0. The van der Waals surface area contributed by atoms with Crippen molar-refractivity contribution in [2.45, 2.75) is 52.1 Å². The number of likely N-dealkylation sites (N-methyl/N-ethyl adjacent to an activating group) is 1. The van der Waals surface area contributed by atoms with Crippen molar-refractivity contribution in [2.75, 3.05) is 34.2 Å². The number of nitrogens with zero attached hydrogens (tertiary/aromatic N) is 5. The van der Waals surface area contributed by atoms with Crippen molar-refractivity contribution in [3.8, 4) is 0 Å². The number of aliphatic imine (C=N–C) groups is 1. The van der Waals surface area contributed by atoms with Crippen LogP contribution in [-0.4, -0.2) is 65.8 Å². The molecule has 1 aromatic rings. The Hall–Kier alpha value is -0.830. The minimum atomic E-state index is 0. The fourth-order valence-electron chi connectivity index (χ4n) is 3.36. The smallest absolute Gasteiger partial charge is 0.194 e. The summed E-state index contributed by atoms with van der Waals surface area (Å²) in [6.07, 6.45) is 4.82.